The van der Waals surface area contributed by atoms with Gasteiger partial charge in [0.05, 0.1) is 6.04 Å². The van der Waals surface area contributed by atoms with E-state index in [-0.39, 0.29) is 29.7 Å². The molecular weight excluding hydrogens is 435 g/mol. The number of para-hydroxylation sites is 1. The topological polar surface area (TPSA) is 32.3 Å². The SMILES string of the molecule is O=C(C1CCCCC1)C(C1CCc2ccccc2N1)N1CCC(c2c(F)cccc2Cl)CC1. The molecule has 2 fully saturated rings. The van der Waals surface area contributed by atoms with Gasteiger partial charge in [-0.1, -0.05) is 55.1 Å². The maximum atomic E-state index is 14.5. The van der Waals surface area contributed by atoms with E-state index in [0.717, 1.165) is 64.5 Å². The highest BCUT2D eigenvalue weighted by Crippen LogP contribution is 2.37. The molecule has 0 spiro atoms. The largest absolute Gasteiger partial charge is 0.380 e. The molecule has 5 rings (SSSR count). The van der Waals surface area contributed by atoms with E-state index in [0.29, 0.717) is 16.4 Å². The van der Waals surface area contributed by atoms with Gasteiger partial charge < -0.3 is 5.32 Å². The second-order valence-corrected chi connectivity index (χ2v) is 10.5. The molecule has 3 aliphatic rings. The minimum Gasteiger partial charge on any atom is -0.380 e. The van der Waals surface area contributed by atoms with Crippen LogP contribution in [-0.2, 0) is 11.2 Å². The molecule has 33 heavy (non-hydrogen) atoms. The Morgan fingerprint density at radius 1 is 0.970 bits per heavy atom. The van der Waals surface area contributed by atoms with E-state index in [1.807, 2.05) is 0 Å². The number of carbonyl (C=O) groups excluding carboxylic acids is 1. The lowest BCUT2D eigenvalue weighted by molar-refractivity contribution is -0.130. The summed E-state index contributed by atoms with van der Waals surface area (Å²) in [6, 6.07) is 13.4. The molecule has 2 unspecified atom stereocenters. The highest BCUT2D eigenvalue weighted by molar-refractivity contribution is 6.31. The van der Waals surface area contributed by atoms with Crippen LogP contribution in [0.4, 0.5) is 10.1 Å². The number of fused-ring (bicyclic) bond motifs is 1. The van der Waals surface area contributed by atoms with Gasteiger partial charge in [0.2, 0.25) is 0 Å². The normalized spacial score (nSPS) is 23.5. The van der Waals surface area contributed by atoms with Crippen LogP contribution in [0.2, 0.25) is 5.02 Å². The first-order valence-corrected chi connectivity index (χ1v) is 13.1. The van der Waals surface area contributed by atoms with Crippen molar-refractivity contribution in [2.45, 2.75) is 75.8 Å². The molecule has 1 N–H and O–H groups in total. The second-order valence-electron chi connectivity index (χ2n) is 10.1. The number of likely N-dealkylation sites (tertiary alicyclic amines) is 1. The van der Waals surface area contributed by atoms with Crippen LogP contribution >= 0.6 is 11.6 Å². The molecule has 2 aliphatic heterocycles. The molecule has 2 heterocycles. The lowest BCUT2D eigenvalue weighted by Crippen LogP contribution is -2.56. The Labute approximate surface area is 201 Å². The predicted octanol–water partition coefficient (Wildman–Crippen LogP) is 6.60. The van der Waals surface area contributed by atoms with Crippen LogP contribution in [0.1, 0.15) is 68.4 Å². The Balaban J connectivity index is 1.35. The van der Waals surface area contributed by atoms with Gasteiger partial charge in [-0.05, 0) is 81.3 Å². The van der Waals surface area contributed by atoms with Crippen molar-refractivity contribution in [3.63, 3.8) is 0 Å². The van der Waals surface area contributed by atoms with E-state index in [4.69, 9.17) is 11.6 Å². The maximum Gasteiger partial charge on any atom is 0.155 e. The van der Waals surface area contributed by atoms with Crippen LogP contribution in [0.3, 0.4) is 0 Å². The zero-order chi connectivity index (χ0) is 22.8. The van der Waals surface area contributed by atoms with Gasteiger partial charge >= 0.3 is 0 Å². The van der Waals surface area contributed by atoms with Crippen LogP contribution in [0.15, 0.2) is 42.5 Å². The van der Waals surface area contributed by atoms with Gasteiger partial charge in [-0.2, -0.15) is 0 Å². The van der Waals surface area contributed by atoms with Gasteiger partial charge in [-0.3, -0.25) is 9.69 Å². The number of rotatable bonds is 5. The Hall–Kier alpha value is -1.91. The lowest BCUT2D eigenvalue weighted by Gasteiger charge is -2.44. The van der Waals surface area contributed by atoms with E-state index in [1.165, 1.54) is 23.7 Å². The number of piperidine rings is 1. The predicted molar refractivity (Wildman–Crippen MR) is 133 cm³/mol. The van der Waals surface area contributed by atoms with Gasteiger partial charge in [-0.15, -0.1) is 0 Å². The summed E-state index contributed by atoms with van der Waals surface area (Å²) < 4.78 is 14.5. The lowest BCUT2D eigenvalue weighted by atomic mass is 9.79. The fraction of sp³-hybridized carbons (Fsp3) is 0.536. The molecule has 2 aromatic carbocycles. The fourth-order valence-electron chi connectivity index (χ4n) is 6.33. The van der Waals surface area contributed by atoms with Crippen molar-refractivity contribution in [3.05, 3.63) is 64.4 Å². The molecule has 5 heteroatoms. The number of halogens is 2. The molecule has 1 aliphatic carbocycles. The van der Waals surface area contributed by atoms with Gasteiger partial charge in [0, 0.05) is 28.2 Å². The average Bonchev–Trinajstić information content (AvgIpc) is 2.85. The van der Waals surface area contributed by atoms with E-state index in [9.17, 15) is 9.18 Å². The summed E-state index contributed by atoms with van der Waals surface area (Å²) in [5.41, 5.74) is 3.16. The highest BCUT2D eigenvalue weighted by atomic mass is 35.5. The van der Waals surface area contributed by atoms with Crippen molar-refractivity contribution in [1.29, 1.82) is 0 Å². The van der Waals surface area contributed by atoms with Gasteiger partial charge in [-0.25, -0.2) is 4.39 Å². The smallest absolute Gasteiger partial charge is 0.155 e. The number of anilines is 1. The summed E-state index contributed by atoms with van der Waals surface area (Å²) in [5, 5.41) is 4.25. The average molecular weight is 469 g/mol. The Kier molecular flexibility index (Phi) is 7.03. The molecule has 3 nitrogen and oxygen atoms in total. The van der Waals surface area contributed by atoms with Gasteiger partial charge in [0.1, 0.15) is 5.82 Å². The van der Waals surface area contributed by atoms with E-state index >= 15 is 0 Å². The van der Waals surface area contributed by atoms with Crippen LogP contribution in [0.25, 0.3) is 0 Å². The molecule has 0 aromatic heterocycles. The van der Waals surface area contributed by atoms with Crippen LogP contribution in [0, 0.1) is 11.7 Å². The first-order valence-electron chi connectivity index (χ1n) is 12.7. The van der Waals surface area contributed by atoms with Crippen molar-refractivity contribution in [2.24, 2.45) is 5.92 Å². The fourth-order valence-corrected chi connectivity index (χ4v) is 6.64. The third-order valence-corrected chi connectivity index (χ3v) is 8.42. The number of hydrogen-bond donors (Lipinski definition) is 1. The molecule has 0 bridgehead atoms. The summed E-state index contributed by atoms with van der Waals surface area (Å²) in [4.78, 5) is 16.3. The van der Waals surface area contributed by atoms with Gasteiger partial charge in [0.15, 0.2) is 5.78 Å². The Morgan fingerprint density at radius 2 is 1.73 bits per heavy atom. The number of ketones is 1. The highest BCUT2D eigenvalue weighted by Gasteiger charge is 2.40. The standard InChI is InChI=1S/C28H34ClFN2O/c29-22-10-6-11-23(30)26(22)20-15-17-32(18-16-20)27(28(33)21-8-2-1-3-9-21)25-14-13-19-7-4-5-12-24(19)31-25/h4-7,10-12,20-21,25,27,31H,1-3,8-9,13-18H2. The third-order valence-electron chi connectivity index (χ3n) is 8.09. The zero-order valence-electron chi connectivity index (χ0n) is 19.2. The van der Waals surface area contributed by atoms with Crippen molar-refractivity contribution in [1.82, 2.24) is 4.90 Å². The molecule has 1 saturated heterocycles. The minimum absolute atomic E-state index is 0.112. The van der Waals surface area contributed by atoms with Crippen molar-refractivity contribution < 1.29 is 9.18 Å². The number of nitrogens with zero attached hydrogens (tertiary/aromatic N) is 1. The van der Waals surface area contributed by atoms with Crippen LogP contribution in [0.5, 0.6) is 0 Å². The second kappa shape index (κ2) is 10.1. The molecule has 0 radical (unpaired) electrons. The molecular formula is C28H34ClFN2O. The number of nitrogens with one attached hydrogen (secondary N) is 1. The first-order chi connectivity index (χ1) is 16.1. The third kappa shape index (κ3) is 4.83. The van der Waals surface area contributed by atoms with Crippen molar-refractivity contribution in [2.75, 3.05) is 18.4 Å². The summed E-state index contributed by atoms with van der Waals surface area (Å²) in [6.07, 6.45) is 9.27. The summed E-state index contributed by atoms with van der Waals surface area (Å²) in [6.45, 7) is 1.61. The van der Waals surface area contributed by atoms with Crippen molar-refractivity contribution in [3.8, 4) is 0 Å². The molecule has 176 valence electrons. The number of carbonyl (C=O) groups is 1. The first kappa shape index (κ1) is 22.9. The molecule has 1 saturated carbocycles. The zero-order valence-corrected chi connectivity index (χ0v) is 20.0. The monoisotopic (exact) mass is 468 g/mol. The van der Waals surface area contributed by atoms with Crippen LogP contribution < -0.4 is 5.32 Å². The number of benzene rings is 2. The summed E-state index contributed by atoms with van der Waals surface area (Å²) in [5.74, 6) is 0.511. The minimum atomic E-state index is -0.207. The Bertz CT molecular complexity index is 961. The van der Waals surface area contributed by atoms with E-state index < -0.39 is 0 Å². The number of hydrogen-bond acceptors (Lipinski definition) is 3. The van der Waals surface area contributed by atoms with Crippen LogP contribution in [-0.4, -0.2) is 35.9 Å². The van der Waals surface area contributed by atoms with E-state index in [2.05, 4.69) is 34.5 Å². The summed E-state index contributed by atoms with van der Waals surface area (Å²) >= 11 is 6.37. The molecule has 2 aromatic rings. The quantitative estimate of drug-likeness (QED) is 0.536. The number of aryl methyl sites for hydroxylation is 1. The summed E-state index contributed by atoms with van der Waals surface area (Å²) in [7, 11) is 0. The molecule has 0 amide bonds. The Morgan fingerprint density at radius 3 is 2.48 bits per heavy atom. The molecule has 2 atom stereocenters. The maximum absolute atomic E-state index is 14.5. The van der Waals surface area contributed by atoms with E-state index in [1.54, 1.807) is 12.1 Å². The number of Topliss-reactive ketones (excluding diaryl/α,β-unsaturated/α-hetero) is 1. The van der Waals surface area contributed by atoms with Gasteiger partial charge in [0.25, 0.3) is 0 Å². The van der Waals surface area contributed by atoms with Crippen molar-refractivity contribution >= 4 is 23.1 Å².